The van der Waals surface area contributed by atoms with Gasteiger partial charge in [-0.3, -0.25) is 9.98 Å². The Kier molecular flexibility index (Phi) is 4.79. The summed E-state index contributed by atoms with van der Waals surface area (Å²) in [7, 11) is 0. The number of allylic oxidation sites excluding steroid dienone is 8. The van der Waals surface area contributed by atoms with Crippen LogP contribution in [0.5, 0.6) is 0 Å². The van der Waals surface area contributed by atoms with Crippen LogP contribution in [0.4, 0.5) is 11.4 Å². The first-order valence-electron chi connectivity index (χ1n) is 12.7. The van der Waals surface area contributed by atoms with Gasteiger partial charge in [0.25, 0.3) is 0 Å². The largest absolute Gasteiger partial charge is 0.251 e. The van der Waals surface area contributed by atoms with Crippen LogP contribution in [0.15, 0.2) is 129 Å². The molecule has 8 rings (SSSR count). The van der Waals surface area contributed by atoms with E-state index in [-0.39, 0.29) is 11.8 Å². The fourth-order valence-corrected chi connectivity index (χ4v) is 6.69. The SMILES string of the molecule is ClC1=CC(c2ccccc2)C2=Nc3ccc4c5c(ccc4c3C2=C1)N=C1C5=CC(Cl)=CC1c1ccccc1. The summed E-state index contributed by atoms with van der Waals surface area (Å²) in [4.78, 5) is 10.3. The van der Waals surface area contributed by atoms with E-state index in [1.807, 2.05) is 12.1 Å². The van der Waals surface area contributed by atoms with Crippen LogP contribution in [0.2, 0.25) is 0 Å². The predicted octanol–water partition coefficient (Wildman–Crippen LogP) is 9.62. The molecular weight excluding hydrogens is 507 g/mol. The third-order valence-electron chi connectivity index (χ3n) is 7.85. The molecule has 2 aliphatic heterocycles. The monoisotopic (exact) mass is 526 g/mol. The van der Waals surface area contributed by atoms with Gasteiger partial charge in [-0.25, -0.2) is 0 Å². The van der Waals surface area contributed by atoms with E-state index in [1.165, 1.54) is 11.1 Å². The standard InChI is InChI=1S/C34H20Cl2N2/c35-21-15-25(19-7-3-1-4-8-19)33-27(17-21)31-23-12-14-30-32(24(23)11-13-29(31)37-33)28-18-22(36)16-26(34(28)38-30)20-9-5-2-6-10-20/h1-18,25-26H. The summed E-state index contributed by atoms with van der Waals surface area (Å²) in [6, 6.07) is 29.5. The van der Waals surface area contributed by atoms with Gasteiger partial charge in [0.15, 0.2) is 0 Å². The van der Waals surface area contributed by atoms with E-state index in [2.05, 4.69) is 97.1 Å². The minimum atomic E-state index is 0.0205. The number of halogens is 2. The van der Waals surface area contributed by atoms with E-state index in [0.29, 0.717) is 0 Å². The molecule has 0 aromatic heterocycles. The van der Waals surface area contributed by atoms with E-state index >= 15 is 0 Å². The summed E-state index contributed by atoms with van der Waals surface area (Å²) < 4.78 is 0. The number of nitrogens with zero attached hydrogens (tertiary/aromatic N) is 2. The second-order valence-electron chi connectivity index (χ2n) is 10.0. The zero-order chi connectivity index (χ0) is 25.4. The molecule has 0 N–H and O–H groups in total. The molecule has 2 aliphatic carbocycles. The molecule has 0 spiro atoms. The summed E-state index contributed by atoms with van der Waals surface area (Å²) in [6.45, 7) is 0. The van der Waals surface area contributed by atoms with Gasteiger partial charge in [0.2, 0.25) is 0 Å². The van der Waals surface area contributed by atoms with Crippen LogP contribution in [0.25, 0.3) is 21.9 Å². The van der Waals surface area contributed by atoms with Gasteiger partial charge < -0.3 is 0 Å². The highest BCUT2D eigenvalue weighted by Gasteiger charge is 2.35. The maximum atomic E-state index is 6.70. The second kappa shape index (κ2) is 8.26. The van der Waals surface area contributed by atoms with Gasteiger partial charge >= 0.3 is 0 Å². The zero-order valence-electron chi connectivity index (χ0n) is 20.2. The molecule has 0 saturated carbocycles. The van der Waals surface area contributed by atoms with E-state index in [0.717, 1.165) is 65.9 Å². The topological polar surface area (TPSA) is 24.7 Å². The lowest BCUT2D eigenvalue weighted by atomic mass is 9.81. The zero-order valence-corrected chi connectivity index (χ0v) is 21.7. The molecule has 4 aliphatic rings. The number of benzene rings is 4. The van der Waals surface area contributed by atoms with Crippen molar-refractivity contribution in [3.05, 3.63) is 142 Å². The van der Waals surface area contributed by atoms with E-state index in [4.69, 9.17) is 33.2 Å². The minimum Gasteiger partial charge on any atom is -0.251 e. The Labute approximate surface area is 230 Å². The van der Waals surface area contributed by atoms with Crippen molar-refractivity contribution < 1.29 is 0 Å². The Balaban J connectivity index is 1.28. The molecule has 0 fully saturated rings. The van der Waals surface area contributed by atoms with Crippen LogP contribution in [-0.4, -0.2) is 11.4 Å². The first-order valence-corrected chi connectivity index (χ1v) is 13.5. The average Bonchev–Trinajstić information content (AvgIpc) is 3.51. The lowest BCUT2D eigenvalue weighted by Crippen LogP contribution is -2.14. The Bertz CT molecular complexity index is 1730. The van der Waals surface area contributed by atoms with E-state index < -0.39 is 0 Å². The molecule has 4 heteroatoms. The van der Waals surface area contributed by atoms with Gasteiger partial charge in [-0.1, -0.05) is 108 Å². The third kappa shape index (κ3) is 3.21. The second-order valence-corrected chi connectivity index (χ2v) is 10.9. The Morgan fingerprint density at radius 3 is 1.34 bits per heavy atom. The quantitative estimate of drug-likeness (QED) is 0.248. The van der Waals surface area contributed by atoms with Crippen LogP contribution < -0.4 is 0 Å². The van der Waals surface area contributed by atoms with Crippen LogP contribution in [0, 0.1) is 0 Å². The van der Waals surface area contributed by atoms with Gasteiger partial charge in [-0.05, 0) is 46.2 Å². The van der Waals surface area contributed by atoms with Gasteiger partial charge in [-0.2, -0.15) is 0 Å². The fourth-order valence-electron chi connectivity index (χ4n) is 6.21. The molecule has 0 radical (unpaired) electrons. The Hall–Kier alpha value is -3.98. The Morgan fingerprint density at radius 2 is 0.921 bits per heavy atom. The summed E-state index contributed by atoms with van der Waals surface area (Å²) in [5, 5.41) is 3.79. The van der Waals surface area contributed by atoms with Crippen LogP contribution in [0.1, 0.15) is 34.1 Å². The van der Waals surface area contributed by atoms with Crippen molar-refractivity contribution in [1.82, 2.24) is 0 Å². The number of aliphatic imine (C=N–C) groups is 2. The number of fused-ring (bicyclic) bond motifs is 9. The molecule has 2 atom stereocenters. The van der Waals surface area contributed by atoms with Gasteiger partial charge in [-0.15, -0.1) is 0 Å². The first-order chi connectivity index (χ1) is 18.7. The average molecular weight is 527 g/mol. The predicted molar refractivity (Wildman–Crippen MR) is 160 cm³/mol. The van der Waals surface area contributed by atoms with Crippen molar-refractivity contribution in [2.75, 3.05) is 0 Å². The van der Waals surface area contributed by atoms with Gasteiger partial charge in [0.1, 0.15) is 0 Å². The Morgan fingerprint density at radius 1 is 0.500 bits per heavy atom. The molecule has 0 amide bonds. The molecule has 4 aromatic carbocycles. The lowest BCUT2D eigenvalue weighted by molar-refractivity contribution is 1.14. The highest BCUT2D eigenvalue weighted by Crippen LogP contribution is 2.51. The van der Waals surface area contributed by atoms with Crippen LogP contribution >= 0.6 is 23.2 Å². The maximum Gasteiger partial charge on any atom is 0.0719 e. The van der Waals surface area contributed by atoms with Crippen LogP contribution in [0.3, 0.4) is 0 Å². The van der Waals surface area contributed by atoms with Crippen molar-refractivity contribution >= 4 is 67.9 Å². The first kappa shape index (κ1) is 22.0. The number of rotatable bonds is 2. The van der Waals surface area contributed by atoms with E-state index in [1.54, 1.807) is 0 Å². The summed E-state index contributed by atoms with van der Waals surface area (Å²) in [5.74, 6) is 0.0410. The highest BCUT2D eigenvalue weighted by molar-refractivity contribution is 6.43. The smallest absolute Gasteiger partial charge is 0.0719 e. The summed E-state index contributed by atoms with van der Waals surface area (Å²) in [5.41, 5.74) is 10.9. The van der Waals surface area contributed by atoms with Crippen molar-refractivity contribution in [3.8, 4) is 0 Å². The summed E-state index contributed by atoms with van der Waals surface area (Å²) >= 11 is 13.4. The van der Waals surface area contributed by atoms with Crippen molar-refractivity contribution in [1.29, 1.82) is 0 Å². The van der Waals surface area contributed by atoms with Gasteiger partial charge in [0.05, 0.1) is 22.8 Å². The molecular formula is C34H20Cl2N2. The van der Waals surface area contributed by atoms with Crippen molar-refractivity contribution in [3.63, 3.8) is 0 Å². The molecule has 2 nitrogen and oxygen atoms in total. The van der Waals surface area contributed by atoms with Crippen LogP contribution in [-0.2, 0) is 0 Å². The number of hydrogen-bond donors (Lipinski definition) is 0. The lowest BCUT2D eigenvalue weighted by Gasteiger charge is -2.21. The van der Waals surface area contributed by atoms with E-state index in [9.17, 15) is 0 Å². The molecule has 0 saturated heterocycles. The highest BCUT2D eigenvalue weighted by atomic mass is 35.5. The molecule has 2 unspecified atom stereocenters. The van der Waals surface area contributed by atoms with Crippen molar-refractivity contribution in [2.45, 2.75) is 11.8 Å². The normalized spacial score (nSPS) is 20.8. The molecule has 4 aromatic rings. The van der Waals surface area contributed by atoms with Crippen molar-refractivity contribution in [2.24, 2.45) is 9.98 Å². The fraction of sp³-hybridized carbons (Fsp3) is 0.0588. The molecule has 0 bridgehead atoms. The van der Waals surface area contributed by atoms with Gasteiger partial charge in [0, 0.05) is 44.2 Å². The summed E-state index contributed by atoms with van der Waals surface area (Å²) in [6.07, 6.45) is 8.31. The third-order valence-corrected chi connectivity index (χ3v) is 8.32. The molecule has 38 heavy (non-hydrogen) atoms. The molecule has 2 heterocycles. The number of hydrogen-bond acceptors (Lipinski definition) is 2. The minimum absolute atomic E-state index is 0.0205. The molecule has 180 valence electrons. The maximum absolute atomic E-state index is 6.70.